The number of nitrogens with zero attached hydrogens (tertiary/aromatic N) is 8. The number of aromatic nitrogens is 7. The monoisotopic (exact) mass is 424 g/mol. The zero-order chi connectivity index (χ0) is 18.4. The molecule has 0 atom stereocenters. The first-order valence-electron chi connectivity index (χ1n) is 8.32. The highest BCUT2D eigenvalue weighted by atomic mass is 79.9. The Morgan fingerprint density at radius 3 is 2.85 bits per heavy atom. The summed E-state index contributed by atoms with van der Waals surface area (Å²) in [5.41, 5.74) is 1.95. The third kappa shape index (κ3) is 2.78. The highest BCUT2D eigenvalue weighted by molar-refractivity contribution is 9.10. The topological polar surface area (TPSA) is 94.1 Å². The number of carbonyl (C=O) groups excluding carboxylic acids is 1. The zero-order valence-electron chi connectivity index (χ0n) is 14.0. The van der Waals surface area contributed by atoms with Crippen LogP contribution >= 0.6 is 15.9 Å². The molecule has 0 aliphatic carbocycles. The van der Waals surface area contributed by atoms with Gasteiger partial charge in [-0.1, -0.05) is 0 Å². The van der Waals surface area contributed by atoms with Crippen molar-refractivity contribution >= 4 is 27.5 Å². The van der Waals surface area contributed by atoms with Crippen molar-refractivity contribution in [1.29, 1.82) is 0 Å². The Hall–Kier alpha value is -3.14. The lowest BCUT2D eigenvalue weighted by Gasteiger charge is -2.27. The van der Waals surface area contributed by atoms with E-state index in [-0.39, 0.29) is 5.91 Å². The third-order valence-corrected chi connectivity index (χ3v) is 4.89. The summed E-state index contributed by atoms with van der Waals surface area (Å²) in [6, 6.07) is 5.49. The van der Waals surface area contributed by atoms with Crippen LogP contribution in [0.3, 0.4) is 0 Å². The SMILES string of the molecule is O=C(c1cc2ncc(Br)cn2n1)N1CCn2c(nnc2-c2ccncc2)C1. The standard InChI is InChI=1S/C17H13BrN8O/c18-12-8-20-14-7-13(23-26(14)9-12)17(27)24-5-6-25-15(10-24)21-22-16(25)11-1-3-19-4-2-11/h1-4,7-9H,5-6,10H2. The molecule has 4 aromatic rings. The molecule has 9 nitrogen and oxygen atoms in total. The Labute approximate surface area is 161 Å². The van der Waals surface area contributed by atoms with Crippen LogP contribution < -0.4 is 0 Å². The van der Waals surface area contributed by atoms with E-state index in [2.05, 4.69) is 41.2 Å². The van der Waals surface area contributed by atoms with Crippen LogP contribution in [0.15, 0.2) is 47.5 Å². The molecule has 10 heteroatoms. The molecule has 1 aliphatic heterocycles. The number of hydrogen-bond acceptors (Lipinski definition) is 6. The van der Waals surface area contributed by atoms with Crippen LogP contribution in [-0.4, -0.2) is 51.7 Å². The number of hydrogen-bond donors (Lipinski definition) is 0. The Balaban J connectivity index is 1.42. The van der Waals surface area contributed by atoms with Gasteiger partial charge in [0.2, 0.25) is 0 Å². The molecule has 1 aliphatic rings. The molecule has 0 N–H and O–H groups in total. The van der Waals surface area contributed by atoms with Crippen molar-refractivity contribution in [1.82, 2.24) is 39.2 Å². The lowest BCUT2D eigenvalue weighted by molar-refractivity contribution is 0.0701. The van der Waals surface area contributed by atoms with E-state index in [0.29, 0.717) is 31.0 Å². The van der Waals surface area contributed by atoms with Crippen molar-refractivity contribution in [3.63, 3.8) is 0 Å². The van der Waals surface area contributed by atoms with Crippen molar-refractivity contribution in [2.45, 2.75) is 13.1 Å². The molecule has 5 rings (SSSR count). The van der Waals surface area contributed by atoms with Gasteiger partial charge in [-0.15, -0.1) is 10.2 Å². The lowest BCUT2D eigenvalue weighted by atomic mass is 10.2. The maximum atomic E-state index is 12.9. The predicted octanol–water partition coefficient (Wildman–Crippen LogP) is 1.80. The first-order valence-corrected chi connectivity index (χ1v) is 9.11. The van der Waals surface area contributed by atoms with Crippen molar-refractivity contribution < 1.29 is 4.79 Å². The van der Waals surface area contributed by atoms with Gasteiger partial charge in [0.25, 0.3) is 5.91 Å². The van der Waals surface area contributed by atoms with Gasteiger partial charge in [0.15, 0.2) is 23.0 Å². The van der Waals surface area contributed by atoms with Gasteiger partial charge in [-0.05, 0) is 28.1 Å². The fourth-order valence-electron chi connectivity index (χ4n) is 3.17. The maximum absolute atomic E-state index is 12.9. The van der Waals surface area contributed by atoms with Gasteiger partial charge >= 0.3 is 0 Å². The fourth-order valence-corrected chi connectivity index (χ4v) is 3.46. The number of carbonyl (C=O) groups is 1. The fraction of sp³-hybridized carbons (Fsp3) is 0.176. The molecule has 134 valence electrons. The van der Waals surface area contributed by atoms with E-state index >= 15 is 0 Å². The van der Waals surface area contributed by atoms with Gasteiger partial charge in [-0.2, -0.15) is 5.10 Å². The molecular formula is C17H13BrN8O. The van der Waals surface area contributed by atoms with Crippen LogP contribution in [-0.2, 0) is 13.1 Å². The Bertz CT molecular complexity index is 1150. The second-order valence-corrected chi connectivity index (χ2v) is 7.07. The molecular weight excluding hydrogens is 412 g/mol. The van der Waals surface area contributed by atoms with Crippen LogP contribution in [0.2, 0.25) is 0 Å². The molecule has 0 saturated heterocycles. The molecule has 0 unspecified atom stereocenters. The van der Waals surface area contributed by atoms with E-state index in [1.165, 1.54) is 0 Å². The van der Waals surface area contributed by atoms with E-state index < -0.39 is 0 Å². The summed E-state index contributed by atoms with van der Waals surface area (Å²) < 4.78 is 4.43. The highest BCUT2D eigenvalue weighted by Crippen LogP contribution is 2.22. The summed E-state index contributed by atoms with van der Waals surface area (Å²) in [5.74, 6) is 1.41. The number of fused-ring (bicyclic) bond motifs is 2. The van der Waals surface area contributed by atoms with E-state index in [1.54, 1.807) is 40.3 Å². The van der Waals surface area contributed by atoms with Crippen LogP contribution in [0.25, 0.3) is 17.0 Å². The summed E-state index contributed by atoms with van der Waals surface area (Å²) in [5, 5.41) is 12.9. The second kappa shape index (κ2) is 6.23. The van der Waals surface area contributed by atoms with Gasteiger partial charge in [-0.25, -0.2) is 9.50 Å². The van der Waals surface area contributed by atoms with E-state index in [9.17, 15) is 4.79 Å². The quantitative estimate of drug-likeness (QED) is 0.486. The average Bonchev–Trinajstić information content (AvgIpc) is 3.31. The molecule has 27 heavy (non-hydrogen) atoms. The zero-order valence-corrected chi connectivity index (χ0v) is 15.6. The molecule has 5 heterocycles. The average molecular weight is 425 g/mol. The maximum Gasteiger partial charge on any atom is 0.274 e. The highest BCUT2D eigenvalue weighted by Gasteiger charge is 2.27. The molecule has 0 saturated carbocycles. The minimum absolute atomic E-state index is 0.142. The number of halogens is 1. The van der Waals surface area contributed by atoms with Crippen LogP contribution in [0.5, 0.6) is 0 Å². The van der Waals surface area contributed by atoms with Gasteiger partial charge in [-0.3, -0.25) is 9.78 Å². The normalized spacial score (nSPS) is 13.7. The Morgan fingerprint density at radius 1 is 1.15 bits per heavy atom. The van der Waals surface area contributed by atoms with Gasteiger partial charge in [0.05, 0.1) is 11.0 Å². The van der Waals surface area contributed by atoms with Crippen LogP contribution in [0.4, 0.5) is 0 Å². The van der Waals surface area contributed by atoms with Crippen molar-refractivity contribution in [2.75, 3.05) is 6.54 Å². The Morgan fingerprint density at radius 2 is 2.00 bits per heavy atom. The smallest absolute Gasteiger partial charge is 0.274 e. The summed E-state index contributed by atoms with van der Waals surface area (Å²) in [4.78, 5) is 22.9. The van der Waals surface area contributed by atoms with E-state index in [4.69, 9.17) is 0 Å². The third-order valence-electron chi connectivity index (χ3n) is 4.48. The number of rotatable bonds is 2. The molecule has 0 radical (unpaired) electrons. The molecule has 0 fully saturated rings. The van der Waals surface area contributed by atoms with Gasteiger partial charge < -0.3 is 9.47 Å². The minimum atomic E-state index is -0.142. The van der Waals surface area contributed by atoms with E-state index in [1.807, 2.05) is 16.7 Å². The first-order chi connectivity index (χ1) is 13.2. The molecule has 0 aromatic carbocycles. The lowest BCUT2D eigenvalue weighted by Crippen LogP contribution is -2.38. The van der Waals surface area contributed by atoms with Crippen LogP contribution in [0.1, 0.15) is 16.3 Å². The predicted molar refractivity (Wildman–Crippen MR) is 98.7 cm³/mol. The van der Waals surface area contributed by atoms with Crippen molar-refractivity contribution in [2.24, 2.45) is 0 Å². The molecule has 1 amide bonds. The van der Waals surface area contributed by atoms with Crippen molar-refractivity contribution in [3.05, 3.63) is 59.0 Å². The van der Waals surface area contributed by atoms with Crippen molar-refractivity contribution in [3.8, 4) is 11.4 Å². The van der Waals surface area contributed by atoms with Gasteiger partial charge in [0, 0.05) is 49.5 Å². The Kier molecular flexibility index (Phi) is 3.71. The number of amides is 1. The second-order valence-electron chi connectivity index (χ2n) is 6.16. The van der Waals surface area contributed by atoms with Crippen LogP contribution in [0, 0.1) is 0 Å². The summed E-state index contributed by atoms with van der Waals surface area (Å²) in [6.07, 6.45) is 6.90. The van der Waals surface area contributed by atoms with Gasteiger partial charge in [0.1, 0.15) is 0 Å². The minimum Gasteiger partial charge on any atom is -0.328 e. The molecule has 0 spiro atoms. The largest absolute Gasteiger partial charge is 0.328 e. The first kappa shape index (κ1) is 16.1. The summed E-state index contributed by atoms with van der Waals surface area (Å²) >= 11 is 3.35. The number of pyridine rings is 1. The summed E-state index contributed by atoms with van der Waals surface area (Å²) in [7, 11) is 0. The molecule has 0 bridgehead atoms. The molecule has 4 aromatic heterocycles. The van der Waals surface area contributed by atoms with E-state index in [0.717, 1.165) is 21.7 Å². The summed E-state index contributed by atoms with van der Waals surface area (Å²) in [6.45, 7) is 1.58.